The highest BCUT2D eigenvalue weighted by Gasteiger charge is 2.40. The number of halogens is 3. The number of carbonyl (C=O) groups excluding carboxylic acids is 1. The van der Waals surface area contributed by atoms with Crippen LogP contribution >= 0.6 is 0 Å². The lowest BCUT2D eigenvalue weighted by Crippen LogP contribution is -2.47. The minimum Gasteiger partial charge on any atom is -0.480 e. The van der Waals surface area contributed by atoms with E-state index in [9.17, 15) is 22.8 Å². The minimum atomic E-state index is -5.14. The fraction of sp³-hybridized carbons (Fsp3) is 0.250. The van der Waals surface area contributed by atoms with Crippen LogP contribution in [0.15, 0.2) is 24.3 Å². The molecule has 0 bridgehead atoms. The van der Waals surface area contributed by atoms with Crippen molar-refractivity contribution < 1.29 is 27.9 Å². The Morgan fingerprint density at radius 1 is 1.30 bits per heavy atom. The van der Waals surface area contributed by atoms with E-state index in [4.69, 9.17) is 10.4 Å². The second-order valence-corrected chi connectivity index (χ2v) is 3.87. The van der Waals surface area contributed by atoms with Gasteiger partial charge in [0.2, 0.25) is 0 Å². The lowest BCUT2D eigenvalue weighted by atomic mass is 10.0. The van der Waals surface area contributed by atoms with Gasteiger partial charge in [-0.2, -0.15) is 18.4 Å². The lowest BCUT2D eigenvalue weighted by molar-refractivity contribution is -0.175. The molecule has 106 valence electrons. The van der Waals surface area contributed by atoms with Gasteiger partial charge in [0.05, 0.1) is 11.6 Å². The van der Waals surface area contributed by atoms with Crippen molar-refractivity contribution in [2.45, 2.75) is 18.6 Å². The number of nitriles is 1. The van der Waals surface area contributed by atoms with Crippen LogP contribution in [-0.4, -0.2) is 29.2 Å². The number of carbonyl (C=O) groups is 2. The molecule has 20 heavy (non-hydrogen) atoms. The summed E-state index contributed by atoms with van der Waals surface area (Å²) in [4.78, 5) is 21.6. The summed E-state index contributed by atoms with van der Waals surface area (Å²) in [5.41, 5.74) is 0.721. The number of rotatable bonds is 4. The molecule has 1 amide bonds. The van der Waals surface area contributed by atoms with Gasteiger partial charge in [0.25, 0.3) is 0 Å². The SMILES string of the molecule is N#Cc1ccc(C[C@@H](NC(=O)C(F)(F)F)C(=O)O)cc1. The van der Waals surface area contributed by atoms with E-state index in [2.05, 4.69) is 0 Å². The Morgan fingerprint density at radius 3 is 2.25 bits per heavy atom. The van der Waals surface area contributed by atoms with Gasteiger partial charge in [-0.15, -0.1) is 0 Å². The normalized spacial score (nSPS) is 12.3. The summed E-state index contributed by atoms with van der Waals surface area (Å²) < 4.78 is 36.2. The van der Waals surface area contributed by atoms with Crippen molar-refractivity contribution in [1.29, 1.82) is 5.26 Å². The van der Waals surface area contributed by atoms with Gasteiger partial charge in [-0.25, -0.2) is 4.79 Å². The number of alkyl halides is 3. The molecule has 0 aliphatic rings. The van der Waals surface area contributed by atoms with Crippen LogP contribution in [0.1, 0.15) is 11.1 Å². The molecule has 0 aliphatic carbocycles. The van der Waals surface area contributed by atoms with Crippen molar-refractivity contribution in [1.82, 2.24) is 5.32 Å². The number of hydrogen-bond acceptors (Lipinski definition) is 3. The molecular formula is C12H9F3N2O3. The third-order valence-corrected chi connectivity index (χ3v) is 2.38. The van der Waals surface area contributed by atoms with E-state index >= 15 is 0 Å². The van der Waals surface area contributed by atoms with Crippen molar-refractivity contribution in [2.75, 3.05) is 0 Å². The quantitative estimate of drug-likeness (QED) is 0.871. The zero-order valence-electron chi connectivity index (χ0n) is 9.94. The number of hydrogen-bond donors (Lipinski definition) is 2. The standard InChI is InChI=1S/C12H9F3N2O3/c13-12(14,15)11(20)17-9(10(18)19)5-7-1-3-8(6-16)4-2-7/h1-4,9H,5H2,(H,17,20)(H,18,19)/t9-/m1/s1. The first kappa shape index (κ1) is 15.5. The molecule has 0 spiro atoms. The molecule has 1 aromatic carbocycles. The lowest BCUT2D eigenvalue weighted by Gasteiger charge is -2.15. The average Bonchev–Trinajstić information content (AvgIpc) is 2.37. The fourth-order valence-corrected chi connectivity index (χ4v) is 1.39. The Morgan fingerprint density at radius 2 is 1.85 bits per heavy atom. The summed E-state index contributed by atoms with van der Waals surface area (Å²) >= 11 is 0. The molecule has 0 heterocycles. The molecule has 1 rings (SSSR count). The van der Waals surface area contributed by atoms with Crippen LogP contribution in [0.5, 0.6) is 0 Å². The molecule has 0 saturated carbocycles. The molecule has 8 heteroatoms. The summed E-state index contributed by atoms with van der Waals surface area (Å²) in [5.74, 6) is -3.88. The summed E-state index contributed by atoms with van der Waals surface area (Å²) in [6.07, 6.45) is -5.46. The zero-order chi connectivity index (χ0) is 15.3. The van der Waals surface area contributed by atoms with Crippen LogP contribution in [-0.2, 0) is 16.0 Å². The fourth-order valence-electron chi connectivity index (χ4n) is 1.39. The summed E-state index contributed by atoms with van der Waals surface area (Å²) in [6.45, 7) is 0. The topological polar surface area (TPSA) is 90.2 Å². The van der Waals surface area contributed by atoms with Gasteiger partial charge >= 0.3 is 18.1 Å². The molecular weight excluding hydrogens is 277 g/mol. The van der Waals surface area contributed by atoms with Crippen molar-refractivity contribution in [2.24, 2.45) is 0 Å². The van der Waals surface area contributed by atoms with Gasteiger partial charge < -0.3 is 10.4 Å². The van der Waals surface area contributed by atoms with Gasteiger partial charge in [0, 0.05) is 6.42 Å². The Labute approximate surface area is 111 Å². The Balaban J connectivity index is 2.80. The third kappa shape index (κ3) is 4.28. The molecule has 0 saturated heterocycles. The maximum absolute atomic E-state index is 12.1. The molecule has 0 aromatic heterocycles. The summed E-state index contributed by atoms with van der Waals surface area (Å²) in [6, 6.07) is 5.78. The molecule has 5 nitrogen and oxygen atoms in total. The Bertz CT molecular complexity index is 547. The predicted octanol–water partition coefficient (Wildman–Crippen LogP) is 1.23. The first-order chi connectivity index (χ1) is 9.24. The average molecular weight is 286 g/mol. The van der Waals surface area contributed by atoms with E-state index in [1.807, 2.05) is 6.07 Å². The van der Waals surface area contributed by atoms with Crippen molar-refractivity contribution in [3.8, 4) is 6.07 Å². The van der Waals surface area contributed by atoms with Crippen LogP contribution in [0, 0.1) is 11.3 Å². The second kappa shape index (κ2) is 6.06. The predicted molar refractivity (Wildman–Crippen MR) is 60.5 cm³/mol. The van der Waals surface area contributed by atoms with Crippen LogP contribution in [0.3, 0.4) is 0 Å². The van der Waals surface area contributed by atoms with E-state index in [0.717, 1.165) is 0 Å². The van der Waals surface area contributed by atoms with Crippen LogP contribution in [0.4, 0.5) is 13.2 Å². The van der Waals surface area contributed by atoms with E-state index in [-0.39, 0.29) is 6.42 Å². The van der Waals surface area contributed by atoms with E-state index in [1.54, 1.807) is 0 Å². The second-order valence-electron chi connectivity index (χ2n) is 3.87. The highest BCUT2D eigenvalue weighted by Crippen LogP contribution is 2.15. The zero-order valence-corrected chi connectivity index (χ0v) is 9.94. The van der Waals surface area contributed by atoms with Gasteiger partial charge in [-0.1, -0.05) is 12.1 Å². The highest BCUT2D eigenvalue weighted by atomic mass is 19.4. The molecule has 1 atom stereocenters. The molecule has 0 unspecified atom stereocenters. The van der Waals surface area contributed by atoms with Crippen molar-refractivity contribution >= 4 is 11.9 Å². The smallest absolute Gasteiger partial charge is 0.471 e. The Kier molecular flexibility index (Phi) is 4.69. The number of carboxylic acid groups (broad SMARTS) is 1. The number of nitrogens with one attached hydrogen (secondary N) is 1. The number of amides is 1. The van der Waals surface area contributed by atoms with E-state index in [1.165, 1.54) is 29.6 Å². The van der Waals surface area contributed by atoms with Gasteiger partial charge in [0.15, 0.2) is 0 Å². The first-order valence-electron chi connectivity index (χ1n) is 5.33. The highest BCUT2D eigenvalue weighted by molar-refractivity contribution is 5.87. The van der Waals surface area contributed by atoms with Gasteiger partial charge in [-0.3, -0.25) is 4.79 Å². The van der Waals surface area contributed by atoms with Gasteiger partial charge in [0.1, 0.15) is 6.04 Å². The first-order valence-corrected chi connectivity index (χ1v) is 5.33. The van der Waals surface area contributed by atoms with Gasteiger partial charge in [-0.05, 0) is 17.7 Å². The monoisotopic (exact) mass is 286 g/mol. The number of aliphatic carboxylic acids is 1. The maximum atomic E-state index is 12.1. The number of nitrogens with zero attached hydrogens (tertiary/aromatic N) is 1. The minimum absolute atomic E-state index is 0.317. The van der Waals surface area contributed by atoms with E-state index in [0.29, 0.717) is 11.1 Å². The van der Waals surface area contributed by atoms with Crippen molar-refractivity contribution in [3.05, 3.63) is 35.4 Å². The third-order valence-electron chi connectivity index (χ3n) is 2.38. The van der Waals surface area contributed by atoms with Crippen LogP contribution < -0.4 is 5.32 Å². The van der Waals surface area contributed by atoms with E-state index < -0.39 is 24.1 Å². The molecule has 1 aromatic rings. The number of benzene rings is 1. The molecule has 0 fully saturated rings. The Hall–Kier alpha value is -2.56. The molecule has 2 N–H and O–H groups in total. The largest absolute Gasteiger partial charge is 0.480 e. The molecule has 0 aliphatic heterocycles. The van der Waals surface area contributed by atoms with Crippen LogP contribution in [0.25, 0.3) is 0 Å². The summed E-state index contributed by atoms with van der Waals surface area (Å²) in [7, 11) is 0. The maximum Gasteiger partial charge on any atom is 0.471 e. The summed E-state index contributed by atoms with van der Waals surface area (Å²) in [5, 5.41) is 18.8. The molecule has 0 radical (unpaired) electrons. The van der Waals surface area contributed by atoms with Crippen LogP contribution in [0.2, 0.25) is 0 Å². The number of carboxylic acids is 1. The van der Waals surface area contributed by atoms with Crippen molar-refractivity contribution in [3.63, 3.8) is 0 Å².